The molecule has 0 spiro atoms. The molecule has 7 nitrogen and oxygen atoms in total. The van der Waals surface area contributed by atoms with E-state index in [2.05, 4.69) is 15.3 Å². The van der Waals surface area contributed by atoms with E-state index in [0.29, 0.717) is 50.9 Å². The van der Waals surface area contributed by atoms with E-state index in [-0.39, 0.29) is 36.2 Å². The molecule has 29 heavy (non-hydrogen) atoms. The Morgan fingerprint density at radius 2 is 1.83 bits per heavy atom. The van der Waals surface area contributed by atoms with Crippen molar-refractivity contribution in [3.63, 3.8) is 0 Å². The molecule has 0 aromatic carbocycles. The van der Waals surface area contributed by atoms with Crippen LogP contribution in [0, 0.1) is 5.92 Å². The molecule has 11 heteroatoms. The standard InChI is InChI=1S/C18H25F3N4O3S/c1-29(27,28)25-10-7-12(8-11-25)17(26)22-9-6-15-23-14-5-3-2-4-13(14)16(24-15)18(19,20)21/h12H,2-11H2,1H3,(H,22,26). The van der Waals surface area contributed by atoms with E-state index in [0.717, 1.165) is 12.7 Å². The lowest BCUT2D eigenvalue weighted by molar-refractivity contribution is -0.142. The van der Waals surface area contributed by atoms with Gasteiger partial charge in [0.15, 0.2) is 5.69 Å². The minimum absolute atomic E-state index is 0.0881. The van der Waals surface area contributed by atoms with Crippen LogP contribution < -0.4 is 5.32 Å². The number of rotatable bonds is 5. The molecule has 1 fully saturated rings. The summed E-state index contributed by atoms with van der Waals surface area (Å²) in [4.78, 5) is 20.3. The fraction of sp³-hybridized carbons (Fsp3) is 0.722. The van der Waals surface area contributed by atoms with E-state index >= 15 is 0 Å². The maximum absolute atomic E-state index is 13.4. The van der Waals surface area contributed by atoms with Gasteiger partial charge in [0.2, 0.25) is 15.9 Å². The lowest BCUT2D eigenvalue weighted by Gasteiger charge is -2.29. The van der Waals surface area contributed by atoms with Gasteiger partial charge in [-0.25, -0.2) is 22.7 Å². The number of fused-ring (bicyclic) bond motifs is 1. The first-order valence-corrected chi connectivity index (χ1v) is 11.6. The molecular formula is C18H25F3N4O3S. The van der Waals surface area contributed by atoms with Gasteiger partial charge in [0, 0.05) is 43.2 Å². The van der Waals surface area contributed by atoms with Crippen molar-refractivity contribution in [2.45, 2.75) is 51.1 Å². The highest BCUT2D eigenvalue weighted by Crippen LogP contribution is 2.34. The fourth-order valence-electron chi connectivity index (χ4n) is 3.88. The predicted molar refractivity (Wildman–Crippen MR) is 99.5 cm³/mol. The van der Waals surface area contributed by atoms with Crippen molar-refractivity contribution in [3.8, 4) is 0 Å². The SMILES string of the molecule is CS(=O)(=O)N1CCC(C(=O)NCCc2nc3c(c(C(F)(F)F)n2)CCCC3)CC1. The molecular weight excluding hydrogens is 409 g/mol. The molecule has 1 saturated heterocycles. The lowest BCUT2D eigenvalue weighted by atomic mass is 9.94. The third-order valence-corrected chi connectivity index (χ3v) is 6.74. The summed E-state index contributed by atoms with van der Waals surface area (Å²) >= 11 is 0. The number of carbonyl (C=O) groups is 1. The maximum atomic E-state index is 13.4. The second-order valence-corrected chi connectivity index (χ2v) is 9.58. The average molecular weight is 434 g/mol. The smallest absolute Gasteiger partial charge is 0.355 e. The molecule has 1 aliphatic carbocycles. The van der Waals surface area contributed by atoms with Crippen LogP contribution in [0.25, 0.3) is 0 Å². The number of nitrogens with one attached hydrogen (secondary N) is 1. The van der Waals surface area contributed by atoms with Crippen molar-refractivity contribution in [1.29, 1.82) is 0 Å². The van der Waals surface area contributed by atoms with Crippen molar-refractivity contribution in [1.82, 2.24) is 19.6 Å². The van der Waals surface area contributed by atoms with Gasteiger partial charge in [-0.15, -0.1) is 0 Å². The van der Waals surface area contributed by atoms with Gasteiger partial charge in [-0.05, 0) is 38.5 Å². The number of hydrogen-bond donors (Lipinski definition) is 1. The highest BCUT2D eigenvalue weighted by Gasteiger charge is 2.38. The number of halogens is 3. The molecule has 3 rings (SSSR count). The van der Waals surface area contributed by atoms with Crippen LogP contribution in [0.4, 0.5) is 13.2 Å². The second-order valence-electron chi connectivity index (χ2n) is 7.60. The number of piperidine rings is 1. The average Bonchev–Trinajstić information content (AvgIpc) is 2.66. The molecule has 2 aliphatic rings. The number of nitrogens with zero attached hydrogens (tertiary/aromatic N) is 3. The zero-order valence-electron chi connectivity index (χ0n) is 16.3. The van der Waals surface area contributed by atoms with Crippen molar-refractivity contribution in [2.75, 3.05) is 25.9 Å². The summed E-state index contributed by atoms with van der Waals surface area (Å²) in [6.07, 6.45) is -0.0520. The zero-order valence-corrected chi connectivity index (χ0v) is 17.1. The molecule has 0 radical (unpaired) electrons. The first-order chi connectivity index (χ1) is 13.6. The first-order valence-electron chi connectivity index (χ1n) is 9.74. The molecule has 1 N–H and O–H groups in total. The molecule has 162 valence electrons. The van der Waals surface area contributed by atoms with E-state index < -0.39 is 21.9 Å². The largest absolute Gasteiger partial charge is 0.433 e. The van der Waals surface area contributed by atoms with Crippen LogP contribution in [-0.2, 0) is 40.3 Å². The van der Waals surface area contributed by atoms with E-state index in [1.807, 2.05) is 0 Å². The number of hydrogen-bond acceptors (Lipinski definition) is 5. The maximum Gasteiger partial charge on any atom is 0.433 e. The van der Waals surface area contributed by atoms with E-state index in [1.165, 1.54) is 4.31 Å². The van der Waals surface area contributed by atoms with Crippen molar-refractivity contribution >= 4 is 15.9 Å². The second kappa shape index (κ2) is 8.55. The van der Waals surface area contributed by atoms with Gasteiger partial charge >= 0.3 is 6.18 Å². The summed E-state index contributed by atoms with van der Waals surface area (Å²) < 4.78 is 64.5. The monoisotopic (exact) mass is 434 g/mol. The van der Waals surface area contributed by atoms with E-state index in [4.69, 9.17) is 0 Å². The van der Waals surface area contributed by atoms with Crippen LogP contribution in [0.15, 0.2) is 0 Å². The molecule has 2 heterocycles. The van der Waals surface area contributed by atoms with Crippen LogP contribution >= 0.6 is 0 Å². The number of alkyl halides is 3. The van der Waals surface area contributed by atoms with Crippen molar-refractivity contribution in [3.05, 3.63) is 22.8 Å². The Morgan fingerprint density at radius 1 is 1.17 bits per heavy atom. The number of sulfonamides is 1. The lowest BCUT2D eigenvalue weighted by Crippen LogP contribution is -2.43. The molecule has 0 saturated carbocycles. The van der Waals surface area contributed by atoms with Gasteiger partial charge in [0.05, 0.1) is 6.26 Å². The Labute approximate surface area is 168 Å². The summed E-state index contributed by atoms with van der Waals surface area (Å²) in [6, 6.07) is 0. The number of aromatic nitrogens is 2. The predicted octanol–water partition coefficient (Wildman–Crippen LogP) is 1.70. The quantitative estimate of drug-likeness (QED) is 0.762. The van der Waals surface area contributed by atoms with Gasteiger partial charge in [-0.1, -0.05) is 0 Å². The molecule has 1 amide bonds. The molecule has 1 aliphatic heterocycles. The molecule has 0 unspecified atom stereocenters. The molecule has 1 aromatic heterocycles. The Morgan fingerprint density at radius 3 is 2.45 bits per heavy atom. The third kappa shape index (κ3) is 5.44. The summed E-state index contributed by atoms with van der Waals surface area (Å²) in [7, 11) is -3.26. The Balaban J connectivity index is 1.57. The molecule has 0 bridgehead atoms. The van der Waals surface area contributed by atoms with Crippen molar-refractivity contribution < 1.29 is 26.4 Å². The number of carbonyl (C=O) groups excluding carboxylic acids is 1. The Bertz CT molecular complexity index is 866. The van der Waals surface area contributed by atoms with Gasteiger partial charge in [-0.2, -0.15) is 13.2 Å². The number of amides is 1. The first kappa shape index (κ1) is 21.9. The van der Waals surface area contributed by atoms with Crippen LogP contribution in [0.3, 0.4) is 0 Å². The highest BCUT2D eigenvalue weighted by molar-refractivity contribution is 7.88. The fourth-order valence-corrected chi connectivity index (χ4v) is 4.76. The van der Waals surface area contributed by atoms with Gasteiger partial charge < -0.3 is 5.32 Å². The highest BCUT2D eigenvalue weighted by atomic mass is 32.2. The van der Waals surface area contributed by atoms with Crippen LogP contribution in [0.1, 0.15) is 48.5 Å². The van der Waals surface area contributed by atoms with E-state index in [9.17, 15) is 26.4 Å². The third-order valence-electron chi connectivity index (χ3n) is 5.44. The zero-order chi connectivity index (χ0) is 21.2. The molecule has 1 aromatic rings. The summed E-state index contributed by atoms with van der Waals surface area (Å²) in [6.45, 7) is 0.723. The molecule has 0 atom stereocenters. The van der Waals surface area contributed by atoms with Gasteiger partial charge in [-0.3, -0.25) is 4.79 Å². The number of aryl methyl sites for hydroxylation is 1. The normalized spacial score (nSPS) is 19.0. The summed E-state index contributed by atoms with van der Waals surface area (Å²) in [5.41, 5.74) is -0.182. The van der Waals surface area contributed by atoms with Crippen LogP contribution in [0.2, 0.25) is 0 Å². The minimum atomic E-state index is -4.52. The van der Waals surface area contributed by atoms with Crippen molar-refractivity contribution in [2.24, 2.45) is 5.92 Å². The topological polar surface area (TPSA) is 92.3 Å². The summed E-state index contributed by atoms with van der Waals surface area (Å²) in [5, 5.41) is 2.72. The van der Waals surface area contributed by atoms with Gasteiger partial charge in [0.1, 0.15) is 5.82 Å². The Hall–Kier alpha value is -1.75. The Kier molecular flexibility index (Phi) is 6.47. The van der Waals surface area contributed by atoms with Crippen LogP contribution in [-0.4, -0.2) is 54.5 Å². The van der Waals surface area contributed by atoms with E-state index in [1.54, 1.807) is 0 Å². The van der Waals surface area contributed by atoms with Crippen LogP contribution in [0.5, 0.6) is 0 Å². The summed E-state index contributed by atoms with van der Waals surface area (Å²) in [5.74, 6) is -0.430. The van der Waals surface area contributed by atoms with Gasteiger partial charge in [0.25, 0.3) is 0 Å². The minimum Gasteiger partial charge on any atom is -0.355 e.